The molecule has 0 bridgehead atoms. The third kappa shape index (κ3) is 6.36. The highest BCUT2D eigenvalue weighted by Gasteiger charge is 2.24. The van der Waals surface area contributed by atoms with E-state index < -0.39 is 0 Å². The summed E-state index contributed by atoms with van der Waals surface area (Å²) >= 11 is 0. The van der Waals surface area contributed by atoms with Crippen LogP contribution in [0.25, 0.3) is 0 Å². The lowest BCUT2D eigenvalue weighted by atomic mass is 9.91. The fourth-order valence-corrected chi connectivity index (χ4v) is 2.17. The quantitative estimate of drug-likeness (QED) is 0.677. The normalized spacial score (nSPS) is 24.2. The summed E-state index contributed by atoms with van der Waals surface area (Å²) in [6, 6.07) is 0. The summed E-state index contributed by atoms with van der Waals surface area (Å²) in [4.78, 5) is 11.9. The van der Waals surface area contributed by atoms with Gasteiger partial charge in [-0.25, -0.2) is 0 Å². The Morgan fingerprint density at radius 1 is 1.39 bits per heavy atom. The Morgan fingerprint density at radius 3 is 2.83 bits per heavy atom. The molecule has 2 unspecified atom stereocenters. The van der Waals surface area contributed by atoms with Crippen LogP contribution in [-0.2, 0) is 9.53 Å². The van der Waals surface area contributed by atoms with Crippen LogP contribution in [0.15, 0.2) is 0 Å². The van der Waals surface area contributed by atoms with E-state index in [1.807, 2.05) is 0 Å². The molecular formula is C14H28N2O2. The summed E-state index contributed by atoms with van der Waals surface area (Å²) in [5.74, 6) is 1.57. The first-order chi connectivity index (χ1) is 8.59. The number of hydrogen-bond acceptors (Lipinski definition) is 3. The predicted molar refractivity (Wildman–Crippen MR) is 73.4 cm³/mol. The van der Waals surface area contributed by atoms with E-state index in [9.17, 15) is 4.79 Å². The molecule has 0 aromatic rings. The van der Waals surface area contributed by atoms with Gasteiger partial charge in [-0.3, -0.25) is 4.79 Å². The van der Waals surface area contributed by atoms with E-state index in [0.29, 0.717) is 25.0 Å². The molecule has 2 atom stereocenters. The van der Waals surface area contributed by atoms with E-state index in [4.69, 9.17) is 4.74 Å². The molecule has 0 aliphatic carbocycles. The first kappa shape index (κ1) is 15.4. The first-order valence-corrected chi connectivity index (χ1v) is 7.15. The van der Waals surface area contributed by atoms with Crippen molar-refractivity contribution in [1.82, 2.24) is 10.6 Å². The van der Waals surface area contributed by atoms with E-state index in [1.54, 1.807) is 0 Å². The fourth-order valence-electron chi connectivity index (χ4n) is 2.17. The average molecular weight is 256 g/mol. The van der Waals surface area contributed by atoms with Gasteiger partial charge in [-0.2, -0.15) is 0 Å². The zero-order valence-corrected chi connectivity index (χ0v) is 12.0. The molecular weight excluding hydrogens is 228 g/mol. The first-order valence-electron chi connectivity index (χ1n) is 7.15. The second-order valence-corrected chi connectivity index (χ2v) is 5.78. The maximum Gasteiger partial charge on any atom is 0.224 e. The number of carbonyl (C=O) groups is 1. The summed E-state index contributed by atoms with van der Waals surface area (Å²) in [5.41, 5.74) is 0. The summed E-state index contributed by atoms with van der Waals surface area (Å²) in [5, 5.41) is 6.25. The van der Waals surface area contributed by atoms with Crippen LogP contribution < -0.4 is 10.6 Å². The lowest BCUT2D eigenvalue weighted by Crippen LogP contribution is -2.44. The molecule has 1 aliphatic rings. The lowest BCUT2D eigenvalue weighted by Gasteiger charge is -2.26. The van der Waals surface area contributed by atoms with Crippen molar-refractivity contribution in [2.24, 2.45) is 17.8 Å². The van der Waals surface area contributed by atoms with Crippen LogP contribution in [0.5, 0.6) is 0 Å². The van der Waals surface area contributed by atoms with Crippen LogP contribution in [0.2, 0.25) is 0 Å². The zero-order chi connectivity index (χ0) is 13.4. The van der Waals surface area contributed by atoms with E-state index in [1.165, 1.54) is 0 Å². The minimum Gasteiger partial charge on any atom is -0.380 e. The predicted octanol–water partition coefficient (Wildman–Crippen LogP) is 1.41. The molecule has 1 saturated heterocycles. The van der Waals surface area contributed by atoms with Crippen molar-refractivity contribution in [2.45, 2.75) is 33.6 Å². The Balaban J connectivity index is 2.02. The number of piperidine rings is 1. The van der Waals surface area contributed by atoms with Gasteiger partial charge in [0.2, 0.25) is 5.91 Å². The molecule has 0 saturated carbocycles. The number of rotatable bonds is 7. The molecule has 106 valence electrons. The molecule has 18 heavy (non-hydrogen) atoms. The van der Waals surface area contributed by atoms with E-state index in [-0.39, 0.29) is 11.8 Å². The van der Waals surface area contributed by atoms with Crippen LogP contribution >= 0.6 is 0 Å². The minimum atomic E-state index is 0.129. The van der Waals surface area contributed by atoms with E-state index in [2.05, 4.69) is 31.4 Å². The van der Waals surface area contributed by atoms with Gasteiger partial charge in [0, 0.05) is 19.7 Å². The van der Waals surface area contributed by atoms with Gasteiger partial charge in [0.15, 0.2) is 0 Å². The third-order valence-corrected chi connectivity index (χ3v) is 3.33. The second-order valence-electron chi connectivity index (χ2n) is 5.78. The molecule has 1 aliphatic heterocycles. The van der Waals surface area contributed by atoms with Gasteiger partial charge in [-0.05, 0) is 31.2 Å². The van der Waals surface area contributed by atoms with Crippen molar-refractivity contribution < 1.29 is 9.53 Å². The minimum absolute atomic E-state index is 0.129. The number of amides is 1. The Hall–Kier alpha value is -0.610. The van der Waals surface area contributed by atoms with Crippen molar-refractivity contribution >= 4 is 5.91 Å². The summed E-state index contributed by atoms with van der Waals surface area (Å²) in [7, 11) is 0. The maximum atomic E-state index is 11.9. The zero-order valence-electron chi connectivity index (χ0n) is 12.0. The van der Waals surface area contributed by atoms with Crippen LogP contribution in [0, 0.1) is 17.8 Å². The monoisotopic (exact) mass is 256 g/mol. The molecule has 2 N–H and O–H groups in total. The fraction of sp³-hybridized carbons (Fsp3) is 0.929. The highest BCUT2D eigenvalue weighted by molar-refractivity contribution is 5.78. The molecule has 0 aromatic carbocycles. The largest absolute Gasteiger partial charge is 0.380 e. The molecule has 0 radical (unpaired) electrons. The number of ether oxygens (including phenoxy) is 1. The SMILES string of the molecule is CC(C)CCOCCNC(=O)C1CNCC(C)C1. The van der Waals surface area contributed by atoms with Gasteiger partial charge in [-0.1, -0.05) is 20.8 Å². The Kier molecular flexibility index (Phi) is 7.28. The van der Waals surface area contributed by atoms with Gasteiger partial charge in [0.05, 0.1) is 12.5 Å². The average Bonchev–Trinajstić information content (AvgIpc) is 2.33. The smallest absolute Gasteiger partial charge is 0.224 e. The van der Waals surface area contributed by atoms with E-state index >= 15 is 0 Å². The summed E-state index contributed by atoms with van der Waals surface area (Å²) in [6.07, 6.45) is 2.07. The lowest BCUT2D eigenvalue weighted by molar-refractivity contribution is -0.126. The Bertz CT molecular complexity index is 244. The van der Waals surface area contributed by atoms with Crippen LogP contribution in [-0.4, -0.2) is 38.8 Å². The molecule has 1 heterocycles. The molecule has 0 aromatic heterocycles. The second kappa shape index (κ2) is 8.48. The molecule has 1 rings (SSSR count). The molecule has 0 spiro atoms. The van der Waals surface area contributed by atoms with Crippen molar-refractivity contribution in [1.29, 1.82) is 0 Å². The van der Waals surface area contributed by atoms with Crippen molar-refractivity contribution in [3.8, 4) is 0 Å². The summed E-state index contributed by atoms with van der Waals surface area (Å²) in [6.45, 7) is 10.4. The number of nitrogens with one attached hydrogen (secondary N) is 2. The standard InChI is InChI=1S/C14H28N2O2/c1-11(2)4-6-18-7-5-16-14(17)13-8-12(3)9-15-10-13/h11-13,15H,4-10H2,1-3H3,(H,16,17). The van der Waals surface area contributed by atoms with Gasteiger partial charge < -0.3 is 15.4 Å². The Labute approximate surface area is 111 Å². The van der Waals surface area contributed by atoms with Gasteiger partial charge in [0.1, 0.15) is 0 Å². The highest BCUT2D eigenvalue weighted by Crippen LogP contribution is 2.15. The van der Waals surface area contributed by atoms with E-state index in [0.717, 1.165) is 32.5 Å². The van der Waals surface area contributed by atoms with Gasteiger partial charge in [0.25, 0.3) is 0 Å². The van der Waals surface area contributed by atoms with Crippen LogP contribution in [0.1, 0.15) is 33.6 Å². The molecule has 1 fully saturated rings. The van der Waals surface area contributed by atoms with Crippen LogP contribution in [0.3, 0.4) is 0 Å². The molecule has 4 nitrogen and oxygen atoms in total. The number of hydrogen-bond donors (Lipinski definition) is 2. The maximum absolute atomic E-state index is 11.9. The highest BCUT2D eigenvalue weighted by atomic mass is 16.5. The molecule has 1 amide bonds. The van der Waals surface area contributed by atoms with Crippen molar-refractivity contribution in [2.75, 3.05) is 32.8 Å². The van der Waals surface area contributed by atoms with Gasteiger partial charge >= 0.3 is 0 Å². The third-order valence-electron chi connectivity index (χ3n) is 3.33. The van der Waals surface area contributed by atoms with Crippen LogP contribution in [0.4, 0.5) is 0 Å². The molecule has 4 heteroatoms. The number of carbonyl (C=O) groups excluding carboxylic acids is 1. The topological polar surface area (TPSA) is 50.4 Å². The van der Waals surface area contributed by atoms with Crippen molar-refractivity contribution in [3.05, 3.63) is 0 Å². The van der Waals surface area contributed by atoms with Crippen molar-refractivity contribution in [3.63, 3.8) is 0 Å². The Morgan fingerprint density at radius 2 is 2.17 bits per heavy atom. The van der Waals surface area contributed by atoms with Gasteiger partial charge in [-0.15, -0.1) is 0 Å². The summed E-state index contributed by atoms with van der Waals surface area (Å²) < 4.78 is 5.47.